The van der Waals surface area contributed by atoms with Gasteiger partial charge in [0.05, 0.1) is 5.69 Å². The normalized spacial score (nSPS) is 11.2. The number of rotatable bonds is 4. The van der Waals surface area contributed by atoms with Gasteiger partial charge in [0.2, 0.25) is 5.91 Å². The molecule has 1 aromatic carbocycles. The van der Waals surface area contributed by atoms with Crippen LogP contribution >= 0.6 is 0 Å². The van der Waals surface area contributed by atoms with Crippen LogP contribution in [0, 0.1) is 13.8 Å². The highest BCUT2D eigenvalue weighted by atomic mass is 16.2. The standard InChI is InChI=1S/C19H22N4O/c1-12(2)21-17(24)11-23-19-18(14(4)22-23)16(9-10-20-19)15-7-5-13(3)6-8-15/h5-10,12H,11H2,1-4H3,(H,21,24). The van der Waals surface area contributed by atoms with E-state index < -0.39 is 0 Å². The predicted molar refractivity (Wildman–Crippen MR) is 95.7 cm³/mol. The van der Waals surface area contributed by atoms with Gasteiger partial charge in [-0.2, -0.15) is 5.10 Å². The van der Waals surface area contributed by atoms with Gasteiger partial charge in [-0.1, -0.05) is 29.8 Å². The number of aryl methyl sites for hydroxylation is 2. The second-order valence-corrected chi connectivity index (χ2v) is 6.39. The number of amides is 1. The maximum Gasteiger partial charge on any atom is 0.242 e. The van der Waals surface area contributed by atoms with Crippen molar-refractivity contribution in [2.24, 2.45) is 0 Å². The molecule has 0 fully saturated rings. The molecule has 2 heterocycles. The van der Waals surface area contributed by atoms with E-state index in [-0.39, 0.29) is 18.5 Å². The Bertz CT molecular complexity index is 878. The summed E-state index contributed by atoms with van der Waals surface area (Å²) in [5, 5.41) is 8.42. The van der Waals surface area contributed by atoms with E-state index in [4.69, 9.17) is 0 Å². The lowest BCUT2D eigenvalue weighted by molar-refractivity contribution is -0.122. The van der Waals surface area contributed by atoms with Crippen molar-refractivity contribution >= 4 is 16.9 Å². The van der Waals surface area contributed by atoms with Crippen LogP contribution in [-0.4, -0.2) is 26.7 Å². The minimum absolute atomic E-state index is 0.0584. The van der Waals surface area contributed by atoms with Crippen molar-refractivity contribution in [2.75, 3.05) is 0 Å². The number of pyridine rings is 1. The summed E-state index contributed by atoms with van der Waals surface area (Å²) in [6.45, 7) is 8.09. The van der Waals surface area contributed by atoms with E-state index in [1.54, 1.807) is 10.9 Å². The van der Waals surface area contributed by atoms with Crippen LogP contribution < -0.4 is 5.32 Å². The molecule has 124 valence electrons. The van der Waals surface area contributed by atoms with Crippen LogP contribution in [0.1, 0.15) is 25.1 Å². The van der Waals surface area contributed by atoms with E-state index in [0.717, 1.165) is 27.9 Å². The third-order valence-electron chi connectivity index (χ3n) is 3.91. The first-order valence-corrected chi connectivity index (χ1v) is 8.14. The molecule has 0 radical (unpaired) electrons. The number of nitrogens with one attached hydrogen (secondary N) is 1. The maximum atomic E-state index is 12.1. The van der Waals surface area contributed by atoms with Crippen LogP contribution in [0.2, 0.25) is 0 Å². The molecule has 0 saturated heterocycles. The Morgan fingerprint density at radius 3 is 2.54 bits per heavy atom. The lowest BCUT2D eigenvalue weighted by Crippen LogP contribution is -2.33. The van der Waals surface area contributed by atoms with Gasteiger partial charge in [0.1, 0.15) is 6.54 Å². The highest BCUT2D eigenvalue weighted by molar-refractivity contribution is 5.95. The number of hydrogen-bond acceptors (Lipinski definition) is 3. The molecule has 1 amide bonds. The average Bonchev–Trinajstić information content (AvgIpc) is 2.84. The number of nitrogens with zero attached hydrogens (tertiary/aromatic N) is 3. The smallest absolute Gasteiger partial charge is 0.242 e. The lowest BCUT2D eigenvalue weighted by atomic mass is 10.0. The van der Waals surface area contributed by atoms with E-state index in [9.17, 15) is 4.79 Å². The SMILES string of the molecule is Cc1ccc(-c2ccnc3c2c(C)nn3CC(=O)NC(C)C)cc1. The van der Waals surface area contributed by atoms with Crippen LogP contribution in [0.4, 0.5) is 0 Å². The lowest BCUT2D eigenvalue weighted by Gasteiger charge is -2.09. The summed E-state index contributed by atoms with van der Waals surface area (Å²) in [6.07, 6.45) is 1.77. The zero-order valence-corrected chi connectivity index (χ0v) is 14.5. The van der Waals surface area contributed by atoms with Gasteiger partial charge in [0, 0.05) is 17.6 Å². The van der Waals surface area contributed by atoms with E-state index >= 15 is 0 Å². The number of carbonyl (C=O) groups excluding carboxylic acids is 1. The van der Waals surface area contributed by atoms with Gasteiger partial charge in [-0.05, 0) is 44.9 Å². The van der Waals surface area contributed by atoms with Crippen LogP contribution in [0.5, 0.6) is 0 Å². The molecule has 0 aliphatic heterocycles. The average molecular weight is 322 g/mol. The summed E-state index contributed by atoms with van der Waals surface area (Å²) in [5.41, 5.74) is 5.06. The molecule has 5 nitrogen and oxygen atoms in total. The molecule has 0 aliphatic rings. The molecular formula is C19H22N4O. The fourth-order valence-electron chi connectivity index (χ4n) is 2.87. The van der Waals surface area contributed by atoms with Crippen molar-refractivity contribution in [3.8, 4) is 11.1 Å². The summed E-state index contributed by atoms with van der Waals surface area (Å²) in [4.78, 5) is 16.5. The minimum Gasteiger partial charge on any atom is -0.352 e. The van der Waals surface area contributed by atoms with E-state index in [1.807, 2.05) is 26.8 Å². The zero-order chi connectivity index (χ0) is 17.3. The Kier molecular flexibility index (Phi) is 4.34. The van der Waals surface area contributed by atoms with Crippen molar-refractivity contribution in [1.82, 2.24) is 20.1 Å². The van der Waals surface area contributed by atoms with Crippen LogP contribution in [0.3, 0.4) is 0 Å². The van der Waals surface area contributed by atoms with Gasteiger partial charge in [-0.25, -0.2) is 9.67 Å². The zero-order valence-electron chi connectivity index (χ0n) is 14.5. The van der Waals surface area contributed by atoms with Gasteiger partial charge in [0.15, 0.2) is 5.65 Å². The highest BCUT2D eigenvalue weighted by Gasteiger charge is 2.16. The maximum absolute atomic E-state index is 12.1. The Morgan fingerprint density at radius 2 is 1.88 bits per heavy atom. The summed E-state index contributed by atoms with van der Waals surface area (Å²) in [7, 11) is 0. The van der Waals surface area contributed by atoms with Gasteiger partial charge in [-0.3, -0.25) is 4.79 Å². The van der Waals surface area contributed by atoms with Crippen molar-refractivity contribution in [1.29, 1.82) is 0 Å². The Balaban J connectivity index is 2.05. The summed E-state index contributed by atoms with van der Waals surface area (Å²) in [6, 6.07) is 10.5. The van der Waals surface area contributed by atoms with Crippen molar-refractivity contribution in [2.45, 2.75) is 40.3 Å². The molecule has 0 atom stereocenters. The Labute approximate surface area is 141 Å². The molecule has 0 bridgehead atoms. The molecule has 3 rings (SSSR count). The second kappa shape index (κ2) is 6.43. The van der Waals surface area contributed by atoms with E-state index in [0.29, 0.717) is 0 Å². The highest BCUT2D eigenvalue weighted by Crippen LogP contribution is 2.29. The first kappa shape index (κ1) is 16.2. The first-order valence-electron chi connectivity index (χ1n) is 8.14. The number of fused-ring (bicyclic) bond motifs is 1. The third-order valence-corrected chi connectivity index (χ3v) is 3.91. The number of aromatic nitrogens is 3. The van der Waals surface area contributed by atoms with Crippen molar-refractivity contribution < 1.29 is 4.79 Å². The summed E-state index contributed by atoms with van der Waals surface area (Å²) >= 11 is 0. The number of hydrogen-bond donors (Lipinski definition) is 1. The fraction of sp³-hybridized carbons (Fsp3) is 0.316. The van der Waals surface area contributed by atoms with E-state index in [1.165, 1.54) is 5.56 Å². The van der Waals surface area contributed by atoms with Crippen LogP contribution in [0.25, 0.3) is 22.2 Å². The molecule has 5 heteroatoms. The molecule has 1 N–H and O–H groups in total. The predicted octanol–water partition coefficient (Wildman–Crippen LogP) is 3.24. The van der Waals surface area contributed by atoms with Crippen LogP contribution in [-0.2, 0) is 11.3 Å². The first-order chi connectivity index (χ1) is 11.5. The quantitative estimate of drug-likeness (QED) is 0.802. The van der Waals surface area contributed by atoms with Crippen LogP contribution in [0.15, 0.2) is 36.5 Å². The van der Waals surface area contributed by atoms with Gasteiger partial charge in [0.25, 0.3) is 0 Å². The molecule has 3 aromatic rings. The van der Waals surface area contributed by atoms with E-state index in [2.05, 4.69) is 46.6 Å². The number of carbonyl (C=O) groups is 1. The Hall–Kier alpha value is -2.69. The molecule has 24 heavy (non-hydrogen) atoms. The topological polar surface area (TPSA) is 59.8 Å². The Morgan fingerprint density at radius 1 is 1.17 bits per heavy atom. The van der Waals surface area contributed by atoms with Crippen molar-refractivity contribution in [3.63, 3.8) is 0 Å². The summed E-state index contributed by atoms with van der Waals surface area (Å²) in [5.74, 6) is -0.0584. The molecule has 0 spiro atoms. The largest absolute Gasteiger partial charge is 0.352 e. The minimum atomic E-state index is -0.0584. The van der Waals surface area contributed by atoms with Gasteiger partial charge < -0.3 is 5.32 Å². The molecule has 0 aliphatic carbocycles. The van der Waals surface area contributed by atoms with Gasteiger partial charge >= 0.3 is 0 Å². The summed E-state index contributed by atoms with van der Waals surface area (Å²) < 4.78 is 1.68. The third kappa shape index (κ3) is 3.15. The molecule has 0 unspecified atom stereocenters. The fourth-order valence-corrected chi connectivity index (χ4v) is 2.87. The number of benzene rings is 1. The molecule has 0 saturated carbocycles. The van der Waals surface area contributed by atoms with Crippen molar-refractivity contribution in [3.05, 3.63) is 47.8 Å². The molecular weight excluding hydrogens is 300 g/mol. The van der Waals surface area contributed by atoms with Gasteiger partial charge in [-0.15, -0.1) is 0 Å². The second-order valence-electron chi connectivity index (χ2n) is 6.39. The molecule has 2 aromatic heterocycles. The monoisotopic (exact) mass is 322 g/mol.